The molecule has 2 aliphatic carbocycles. The number of rotatable bonds is 5. The lowest BCUT2D eigenvalue weighted by atomic mass is 9.60. The average Bonchev–Trinajstić information content (AvgIpc) is 2.74. The summed E-state index contributed by atoms with van der Waals surface area (Å²) in [5.41, 5.74) is 1.24. The predicted octanol–water partition coefficient (Wildman–Crippen LogP) is 3.86. The second-order valence-electron chi connectivity index (χ2n) is 6.37. The highest BCUT2D eigenvalue weighted by Gasteiger charge is 2.53. The summed E-state index contributed by atoms with van der Waals surface area (Å²) in [7, 11) is 0. The molecule has 2 heteroatoms. The van der Waals surface area contributed by atoms with Gasteiger partial charge in [-0.05, 0) is 50.5 Å². The maximum atomic E-state index is 12.3. The van der Waals surface area contributed by atoms with Crippen LogP contribution in [0.3, 0.4) is 0 Å². The second-order valence-corrected chi connectivity index (χ2v) is 6.37. The largest absolute Gasteiger partial charge is 0.299 e. The van der Waals surface area contributed by atoms with Crippen LogP contribution >= 0.6 is 0 Å². The van der Waals surface area contributed by atoms with Gasteiger partial charge < -0.3 is 0 Å². The zero-order valence-electron chi connectivity index (χ0n) is 11.9. The highest BCUT2D eigenvalue weighted by atomic mass is 16.1. The smallest absolute Gasteiger partial charge is 0.158 e. The average molecular weight is 260 g/mol. The fraction of sp³-hybridized carbons (Fsp3) is 0.647. The van der Waals surface area contributed by atoms with Gasteiger partial charge in [0.15, 0.2) is 5.78 Å². The van der Waals surface area contributed by atoms with Crippen molar-refractivity contribution in [3.8, 4) is 0 Å². The highest BCUT2D eigenvalue weighted by Crippen LogP contribution is 2.56. The fourth-order valence-electron chi connectivity index (χ4n) is 4.12. The third-order valence-corrected chi connectivity index (χ3v) is 5.08. The molecule has 3 unspecified atom stereocenters. The van der Waals surface area contributed by atoms with Crippen LogP contribution in [-0.2, 0) is 9.59 Å². The third kappa shape index (κ3) is 2.58. The first-order chi connectivity index (χ1) is 9.00. The second kappa shape index (κ2) is 5.44. The Labute approximate surface area is 116 Å². The fourth-order valence-corrected chi connectivity index (χ4v) is 4.12. The zero-order valence-corrected chi connectivity index (χ0v) is 11.9. The molecule has 0 heterocycles. The summed E-state index contributed by atoms with van der Waals surface area (Å²) < 4.78 is 0. The summed E-state index contributed by atoms with van der Waals surface area (Å²) in [5.74, 6) is 0.221. The molecule has 2 saturated carbocycles. The maximum absolute atomic E-state index is 12.3. The number of hydrogen-bond donors (Lipinski definition) is 0. The molecular weight excluding hydrogens is 236 g/mol. The molecule has 0 aromatic heterocycles. The van der Waals surface area contributed by atoms with Crippen LogP contribution in [0.15, 0.2) is 24.8 Å². The molecule has 0 radical (unpaired) electrons. The van der Waals surface area contributed by atoms with E-state index in [-0.39, 0.29) is 23.0 Å². The van der Waals surface area contributed by atoms with Gasteiger partial charge >= 0.3 is 0 Å². The van der Waals surface area contributed by atoms with Gasteiger partial charge in [-0.3, -0.25) is 9.59 Å². The van der Waals surface area contributed by atoms with Crippen molar-refractivity contribution in [3.05, 3.63) is 24.8 Å². The molecule has 0 aromatic carbocycles. The van der Waals surface area contributed by atoms with Gasteiger partial charge in [0.25, 0.3) is 0 Å². The summed E-state index contributed by atoms with van der Waals surface area (Å²) >= 11 is 0. The van der Waals surface area contributed by atoms with Crippen LogP contribution in [0.1, 0.15) is 51.9 Å². The van der Waals surface area contributed by atoms with Gasteiger partial charge in [0.2, 0.25) is 0 Å². The van der Waals surface area contributed by atoms with Crippen LogP contribution in [0, 0.1) is 17.3 Å². The molecule has 0 aromatic rings. The number of carbonyl (C=O) groups is 2. The van der Waals surface area contributed by atoms with E-state index in [0.29, 0.717) is 12.2 Å². The lowest BCUT2D eigenvalue weighted by Gasteiger charge is -2.42. The van der Waals surface area contributed by atoms with Crippen molar-refractivity contribution in [2.24, 2.45) is 17.3 Å². The lowest BCUT2D eigenvalue weighted by Crippen LogP contribution is -2.41. The van der Waals surface area contributed by atoms with Crippen LogP contribution < -0.4 is 0 Å². The number of fused-ring (bicyclic) bond motifs is 1. The van der Waals surface area contributed by atoms with Crippen molar-refractivity contribution in [3.63, 3.8) is 0 Å². The molecule has 104 valence electrons. The number of hydrogen-bond acceptors (Lipinski definition) is 2. The van der Waals surface area contributed by atoms with Crippen molar-refractivity contribution < 1.29 is 9.59 Å². The van der Waals surface area contributed by atoms with Gasteiger partial charge in [0, 0.05) is 18.3 Å². The van der Waals surface area contributed by atoms with E-state index in [1.807, 2.05) is 6.92 Å². The van der Waals surface area contributed by atoms with Crippen molar-refractivity contribution >= 4 is 11.6 Å². The van der Waals surface area contributed by atoms with Crippen LogP contribution in [0.5, 0.6) is 0 Å². The molecule has 2 fully saturated rings. The van der Waals surface area contributed by atoms with Crippen LogP contribution in [-0.4, -0.2) is 11.6 Å². The summed E-state index contributed by atoms with van der Waals surface area (Å²) in [4.78, 5) is 24.3. The van der Waals surface area contributed by atoms with E-state index in [1.165, 1.54) is 11.6 Å². The first-order valence-electron chi connectivity index (χ1n) is 7.33. The topological polar surface area (TPSA) is 34.1 Å². The molecule has 19 heavy (non-hydrogen) atoms. The SMILES string of the molecule is C=CC(=O)C1CCCC2(CCC(=C)C)CCC(=O)C12. The number of Topliss-reactive ketones (excluding diaryl/α,β-unsaturated/α-hetero) is 1. The Morgan fingerprint density at radius 2 is 2.21 bits per heavy atom. The standard InChI is InChI=1S/C17H24O2/c1-4-14(18)13-6-5-9-17(10-7-12(2)3)11-8-15(19)16(13)17/h4,13,16H,1-2,5-11H2,3H3. The highest BCUT2D eigenvalue weighted by molar-refractivity contribution is 5.97. The van der Waals surface area contributed by atoms with E-state index < -0.39 is 0 Å². The minimum absolute atomic E-state index is 0.0499. The minimum Gasteiger partial charge on any atom is -0.299 e. The predicted molar refractivity (Wildman–Crippen MR) is 76.8 cm³/mol. The molecule has 0 bridgehead atoms. The normalized spacial score (nSPS) is 33.8. The Kier molecular flexibility index (Phi) is 4.07. The summed E-state index contributed by atoms with van der Waals surface area (Å²) in [6, 6.07) is 0. The van der Waals surface area contributed by atoms with Gasteiger partial charge in [-0.15, -0.1) is 6.58 Å². The quantitative estimate of drug-likeness (QED) is 0.555. The van der Waals surface area contributed by atoms with Crippen LogP contribution in [0.25, 0.3) is 0 Å². The lowest BCUT2D eigenvalue weighted by molar-refractivity contribution is -0.133. The summed E-state index contributed by atoms with van der Waals surface area (Å²) in [5, 5.41) is 0. The molecule has 0 saturated heterocycles. The van der Waals surface area contributed by atoms with Gasteiger partial charge in [0.05, 0.1) is 0 Å². The molecule has 0 amide bonds. The third-order valence-electron chi connectivity index (χ3n) is 5.08. The molecule has 2 nitrogen and oxygen atoms in total. The van der Waals surface area contributed by atoms with E-state index in [1.54, 1.807) is 0 Å². The first-order valence-corrected chi connectivity index (χ1v) is 7.33. The minimum atomic E-state index is -0.105. The molecule has 2 aliphatic rings. The summed E-state index contributed by atoms with van der Waals surface area (Å²) in [6.07, 6.45) is 8.02. The number of ketones is 2. The Morgan fingerprint density at radius 1 is 1.47 bits per heavy atom. The Morgan fingerprint density at radius 3 is 2.84 bits per heavy atom. The van der Waals surface area contributed by atoms with Gasteiger partial charge in [0.1, 0.15) is 5.78 Å². The van der Waals surface area contributed by atoms with Gasteiger partial charge in [-0.2, -0.15) is 0 Å². The molecule has 3 atom stereocenters. The van der Waals surface area contributed by atoms with Crippen molar-refractivity contribution in [1.82, 2.24) is 0 Å². The zero-order chi connectivity index (χ0) is 14.0. The van der Waals surface area contributed by atoms with Crippen molar-refractivity contribution in [2.45, 2.75) is 51.9 Å². The number of allylic oxidation sites excluding steroid dienone is 2. The Bertz CT molecular complexity index is 421. The monoisotopic (exact) mass is 260 g/mol. The van der Waals surface area contributed by atoms with E-state index in [4.69, 9.17) is 0 Å². The Balaban J connectivity index is 2.25. The molecule has 0 aliphatic heterocycles. The van der Waals surface area contributed by atoms with E-state index in [9.17, 15) is 9.59 Å². The summed E-state index contributed by atoms with van der Waals surface area (Å²) in [6.45, 7) is 9.61. The van der Waals surface area contributed by atoms with Crippen LogP contribution in [0.2, 0.25) is 0 Å². The van der Waals surface area contributed by atoms with Crippen LogP contribution in [0.4, 0.5) is 0 Å². The van der Waals surface area contributed by atoms with E-state index in [2.05, 4.69) is 13.2 Å². The van der Waals surface area contributed by atoms with Gasteiger partial charge in [-0.25, -0.2) is 0 Å². The number of carbonyl (C=O) groups excluding carboxylic acids is 2. The van der Waals surface area contributed by atoms with Crippen molar-refractivity contribution in [1.29, 1.82) is 0 Å². The van der Waals surface area contributed by atoms with Crippen molar-refractivity contribution in [2.75, 3.05) is 0 Å². The van der Waals surface area contributed by atoms with E-state index >= 15 is 0 Å². The molecular formula is C17H24O2. The Hall–Kier alpha value is -1.18. The van der Waals surface area contributed by atoms with E-state index in [0.717, 1.165) is 38.5 Å². The maximum Gasteiger partial charge on any atom is 0.158 e. The first kappa shape index (κ1) is 14.2. The molecule has 0 spiro atoms. The molecule has 2 rings (SSSR count). The van der Waals surface area contributed by atoms with Gasteiger partial charge in [-0.1, -0.05) is 18.6 Å². The molecule has 0 N–H and O–H groups in total.